The van der Waals surface area contributed by atoms with Crippen molar-refractivity contribution in [2.45, 2.75) is 10.2 Å². The second kappa shape index (κ2) is 2.64. The van der Waals surface area contributed by atoms with Crippen molar-refractivity contribution in [3.63, 3.8) is 0 Å². The minimum atomic E-state index is -1.63. The zero-order valence-corrected chi connectivity index (χ0v) is 5.67. The molecule has 12 radical (unpaired) electrons. The van der Waals surface area contributed by atoms with Crippen molar-refractivity contribution in [2.75, 3.05) is 0 Å². The number of rotatable bonds is 2. The highest BCUT2D eigenvalue weighted by Gasteiger charge is 2.22. The molecule has 0 saturated heterocycles. The Morgan fingerprint density at radius 1 is 0.800 bits per heavy atom. The average Bonchev–Trinajstić information content (AvgIpc) is 1.59. The predicted octanol–water partition coefficient (Wildman–Crippen LogP) is -1.30. The third-order valence-electron chi connectivity index (χ3n) is 1.05. The van der Waals surface area contributed by atoms with Crippen LogP contribution in [0.3, 0.4) is 0 Å². The summed E-state index contributed by atoms with van der Waals surface area (Å²) in [7, 11) is 31.1. The van der Waals surface area contributed by atoms with Gasteiger partial charge in [0.1, 0.15) is 0 Å². The molecule has 0 unspecified atom stereocenters. The molecule has 0 fully saturated rings. The largest absolute Gasteiger partial charge is 0.115 e. The second-order valence-corrected chi connectivity index (χ2v) is 2.34. The lowest BCUT2D eigenvalue weighted by Crippen LogP contribution is -2.27. The molecule has 0 amide bonds. The van der Waals surface area contributed by atoms with Gasteiger partial charge >= 0.3 is 0 Å². The van der Waals surface area contributed by atoms with E-state index in [1.807, 2.05) is 0 Å². The van der Waals surface area contributed by atoms with E-state index in [-0.39, 0.29) is 5.57 Å². The molecule has 0 aromatic rings. The predicted molar refractivity (Wildman–Crippen MR) is 49.0 cm³/mol. The molecule has 0 saturated carbocycles. The van der Waals surface area contributed by atoms with E-state index in [0.717, 1.165) is 0 Å². The van der Waals surface area contributed by atoms with Gasteiger partial charge in [0, 0.05) is 0 Å². The Labute approximate surface area is 70.1 Å². The van der Waals surface area contributed by atoms with E-state index in [9.17, 15) is 0 Å². The molecular formula is C4H2B6. The fourth-order valence-corrected chi connectivity index (χ4v) is 0.375. The minimum absolute atomic E-state index is 0.0139. The molecule has 0 rings (SSSR count). The molecule has 0 aliphatic heterocycles. The summed E-state index contributed by atoms with van der Waals surface area (Å²) in [6.45, 7) is 3.35. The van der Waals surface area contributed by atoms with E-state index >= 15 is 0 Å². The monoisotopic (exact) mass is 116 g/mol. The molecular weight excluding hydrogens is 113 g/mol. The van der Waals surface area contributed by atoms with Crippen molar-refractivity contribution < 1.29 is 0 Å². The maximum Gasteiger partial charge on any atom is 0.0558 e. The molecule has 10 heavy (non-hydrogen) atoms. The Kier molecular flexibility index (Phi) is 2.67. The van der Waals surface area contributed by atoms with Crippen molar-refractivity contribution in [2.24, 2.45) is 0 Å². The number of allylic oxidation sites excluding steroid dienone is 1. The van der Waals surface area contributed by atoms with Gasteiger partial charge in [0.15, 0.2) is 0 Å². The summed E-state index contributed by atoms with van der Waals surface area (Å²) in [6, 6.07) is 0. The van der Waals surface area contributed by atoms with Crippen LogP contribution in [0.2, 0.25) is 10.2 Å². The highest BCUT2D eigenvalue weighted by molar-refractivity contribution is 6.67. The van der Waals surface area contributed by atoms with Crippen molar-refractivity contribution in [1.82, 2.24) is 0 Å². The van der Waals surface area contributed by atoms with E-state index in [4.69, 9.17) is 47.1 Å². The topological polar surface area (TPSA) is 0 Å². The number of hydrogen-bond donors (Lipinski definition) is 0. The van der Waals surface area contributed by atoms with Crippen molar-refractivity contribution >= 4 is 47.1 Å². The van der Waals surface area contributed by atoms with Crippen LogP contribution in [0, 0.1) is 0 Å². The summed E-state index contributed by atoms with van der Waals surface area (Å²) < 4.78 is 0. The van der Waals surface area contributed by atoms with Gasteiger partial charge in [-0.15, -0.1) is 22.4 Å². The van der Waals surface area contributed by atoms with Crippen LogP contribution in [0.25, 0.3) is 0 Å². The molecule has 0 aliphatic carbocycles. The van der Waals surface area contributed by atoms with Gasteiger partial charge in [-0.2, -0.15) is 0 Å². The Balaban J connectivity index is 4.40. The van der Waals surface area contributed by atoms with Crippen molar-refractivity contribution in [3.8, 4) is 0 Å². The van der Waals surface area contributed by atoms with Crippen LogP contribution in [0.1, 0.15) is 0 Å². The standard InChI is InChI=1S/C4H2B6/c1-2(3(5,6)7)4(8,9)10/h1H2. The lowest BCUT2D eigenvalue weighted by atomic mass is 9.28. The lowest BCUT2D eigenvalue weighted by molar-refractivity contribution is 1.13. The molecule has 0 N–H and O–H groups in total. The molecule has 0 heterocycles. The summed E-state index contributed by atoms with van der Waals surface area (Å²) in [6.07, 6.45) is 0. The van der Waals surface area contributed by atoms with Gasteiger partial charge in [0.2, 0.25) is 0 Å². The Hall–Kier alpha value is 0.130. The summed E-state index contributed by atoms with van der Waals surface area (Å²) in [5, 5.41) is -3.25. The van der Waals surface area contributed by atoms with Gasteiger partial charge in [-0.05, 0) is 0 Å². The fraction of sp³-hybridized carbons (Fsp3) is 0.500. The third-order valence-corrected chi connectivity index (χ3v) is 1.05. The van der Waals surface area contributed by atoms with E-state index in [1.165, 1.54) is 0 Å². The summed E-state index contributed by atoms with van der Waals surface area (Å²) >= 11 is 0. The van der Waals surface area contributed by atoms with Gasteiger partial charge in [0.05, 0.1) is 47.1 Å². The first-order valence-electron chi connectivity index (χ1n) is 2.59. The van der Waals surface area contributed by atoms with Crippen molar-refractivity contribution in [3.05, 3.63) is 12.2 Å². The number of hydrogen-bond acceptors (Lipinski definition) is 0. The molecule has 0 aromatic carbocycles. The first-order valence-corrected chi connectivity index (χ1v) is 2.59. The van der Waals surface area contributed by atoms with Crippen molar-refractivity contribution in [1.29, 1.82) is 0 Å². The van der Waals surface area contributed by atoms with E-state index in [1.54, 1.807) is 0 Å². The molecule has 36 valence electrons. The molecule has 0 spiro atoms. The maximum atomic E-state index is 5.18. The quantitative estimate of drug-likeness (QED) is 0.310. The maximum absolute atomic E-state index is 5.18. The van der Waals surface area contributed by atoms with E-state index in [2.05, 4.69) is 6.58 Å². The molecule has 0 bridgehead atoms. The van der Waals surface area contributed by atoms with Gasteiger partial charge in [-0.25, -0.2) is 0 Å². The third kappa shape index (κ3) is 2.81. The Bertz CT molecular complexity index is 121. The smallest absolute Gasteiger partial charge is 0.0558 e. The van der Waals surface area contributed by atoms with Crippen LogP contribution in [0.5, 0.6) is 0 Å². The van der Waals surface area contributed by atoms with Crippen LogP contribution in [0.15, 0.2) is 12.2 Å². The zero-order valence-electron chi connectivity index (χ0n) is 5.67. The van der Waals surface area contributed by atoms with Gasteiger partial charge in [0.25, 0.3) is 0 Å². The molecule has 0 aliphatic rings. The van der Waals surface area contributed by atoms with E-state index < -0.39 is 10.2 Å². The second-order valence-electron chi connectivity index (χ2n) is 2.34. The van der Waals surface area contributed by atoms with Gasteiger partial charge in [-0.3, -0.25) is 0 Å². The first-order chi connectivity index (χ1) is 4.15. The first kappa shape index (κ1) is 10.1. The summed E-state index contributed by atoms with van der Waals surface area (Å²) in [4.78, 5) is 0. The fourth-order valence-electron chi connectivity index (χ4n) is 0.375. The average molecular weight is 115 g/mol. The summed E-state index contributed by atoms with van der Waals surface area (Å²) in [5.41, 5.74) is -0.0139. The highest BCUT2D eigenvalue weighted by Crippen LogP contribution is 2.34. The van der Waals surface area contributed by atoms with Crippen LogP contribution >= 0.6 is 0 Å². The van der Waals surface area contributed by atoms with Gasteiger partial charge < -0.3 is 0 Å². The highest BCUT2D eigenvalue weighted by atomic mass is 14.1. The molecule has 0 nitrogen and oxygen atoms in total. The SMILES string of the molecule is [B]C([B])([B])C(=C)C([B])([B])[B]. The molecule has 0 atom stereocenters. The van der Waals surface area contributed by atoms with Crippen LogP contribution in [-0.4, -0.2) is 47.1 Å². The van der Waals surface area contributed by atoms with Crippen LogP contribution in [0.4, 0.5) is 0 Å². The Morgan fingerprint density at radius 3 is 1.00 bits per heavy atom. The zero-order chi connectivity index (χ0) is 8.58. The molecule has 0 aromatic heterocycles. The lowest BCUT2D eigenvalue weighted by Gasteiger charge is -2.35. The van der Waals surface area contributed by atoms with Crippen LogP contribution in [-0.2, 0) is 0 Å². The van der Waals surface area contributed by atoms with Crippen LogP contribution < -0.4 is 0 Å². The molecule has 6 heteroatoms. The Morgan fingerprint density at radius 2 is 1.00 bits per heavy atom. The summed E-state index contributed by atoms with van der Waals surface area (Å²) in [5.74, 6) is 0. The van der Waals surface area contributed by atoms with Gasteiger partial charge in [-0.1, -0.05) is 0 Å². The minimum Gasteiger partial charge on any atom is -0.115 e. The van der Waals surface area contributed by atoms with E-state index in [0.29, 0.717) is 0 Å². The normalized spacial score (nSPS) is 12.8.